The van der Waals surface area contributed by atoms with E-state index in [-0.39, 0.29) is 24.0 Å². The first-order valence-electron chi connectivity index (χ1n) is 10.2. The van der Waals surface area contributed by atoms with Crippen LogP contribution in [0, 0.1) is 0 Å². The maximum atomic E-state index is 5.52. The fourth-order valence-corrected chi connectivity index (χ4v) is 3.91. The molecule has 6 nitrogen and oxygen atoms in total. The van der Waals surface area contributed by atoms with E-state index >= 15 is 0 Å². The van der Waals surface area contributed by atoms with Crippen LogP contribution in [0.2, 0.25) is 0 Å². The predicted molar refractivity (Wildman–Crippen MR) is 127 cm³/mol. The summed E-state index contributed by atoms with van der Waals surface area (Å²) in [6.07, 6.45) is 3.28. The minimum absolute atomic E-state index is 0. The molecule has 1 aliphatic heterocycles. The van der Waals surface area contributed by atoms with Gasteiger partial charge in [0.25, 0.3) is 0 Å². The van der Waals surface area contributed by atoms with Crippen LogP contribution in [-0.2, 0) is 6.54 Å². The molecule has 1 aromatic carbocycles. The average molecular weight is 512 g/mol. The molecule has 1 aromatic heterocycles. The summed E-state index contributed by atoms with van der Waals surface area (Å²) in [5.74, 6) is 3.65. The number of nitrogens with one attached hydrogen (secondary N) is 1. The number of nitrogens with zero attached hydrogens (tertiary/aromatic N) is 3. The first-order valence-corrected chi connectivity index (χ1v) is 10.2. The number of rotatable bonds is 7. The molecule has 3 rings (SSSR count). The number of hydrogen-bond donors (Lipinski definition) is 1. The highest BCUT2D eigenvalue weighted by Crippen LogP contribution is 2.28. The van der Waals surface area contributed by atoms with E-state index < -0.39 is 0 Å². The van der Waals surface area contributed by atoms with Crippen molar-refractivity contribution in [2.75, 3.05) is 27.2 Å². The molecule has 0 spiro atoms. The van der Waals surface area contributed by atoms with E-state index in [1.54, 1.807) is 7.11 Å². The van der Waals surface area contributed by atoms with Crippen molar-refractivity contribution >= 4 is 29.9 Å². The van der Waals surface area contributed by atoms with Gasteiger partial charge in [0.2, 0.25) is 0 Å². The topological polar surface area (TPSA) is 62.9 Å². The Balaban J connectivity index is 0.00000300. The van der Waals surface area contributed by atoms with Gasteiger partial charge in [0.05, 0.1) is 19.3 Å². The summed E-state index contributed by atoms with van der Waals surface area (Å²) < 4.78 is 10.8. The lowest BCUT2D eigenvalue weighted by atomic mass is 9.98. The number of guanidine groups is 1. The van der Waals surface area contributed by atoms with Crippen LogP contribution in [-0.4, -0.2) is 43.3 Å². The molecule has 1 N–H and O–H groups in total. The number of benzene rings is 1. The molecule has 1 saturated heterocycles. The minimum atomic E-state index is 0. The summed E-state index contributed by atoms with van der Waals surface area (Å²) in [6, 6.07) is 10.5. The molecule has 1 fully saturated rings. The summed E-state index contributed by atoms with van der Waals surface area (Å²) in [7, 11) is 3.53. The van der Waals surface area contributed by atoms with E-state index in [9.17, 15) is 0 Å². The molecule has 160 valence electrons. The Morgan fingerprint density at radius 3 is 2.66 bits per heavy atom. The van der Waals surface area contributed by atoms with Gasteiger partial charge in [-0.2, -0.15) is 0 Å². The summed E-state index contributed by atoms with van der Waals surface area (Å²) in [6.45, 7) is 6.93. The molecule has 2 aromatic rings. The Morgan fingerprint density at radius 1 is 1.31 bits per heavy atom. The van der Waals surface area contributed by atoms with E-state index in [1.165, 1.54) is 5.56 Å². The largest absolute Gasteiger partial charge is 0.497 e. The molecule has 1 atom stereocenters. The molecular weight excluding hydrogens is 479 g/mol. The Bertz CT molecular complexity index is 771. The predicted octanol–water partition coefficient (Wildman–Crippen LogP) is 4.77. The molecule has 0 bridgehead atoms. The molecule has 2 heterocycles. The first kappa shape index (κ1) is 23.5. The Hall–Kier alpha value is -1.77. The fraction of sp³-hybridized carbons (Fsp3) is 0.545. The SMILES string of the molecule is CCC(CC)c1cc(CNC(=NC)N2CCC(c3ccc(OC)cc3)C2)on1.I. The van der Waals surface area contributed by atoms with Crippen molar-refractivity contribution in [1.29, 1.82) is 0 Å². The normalized spacial score (nSPS) is 16.8. The van der Waals surface area contributed by atoms with Crippen LogP contribution < -0.4 is 10.1 Å². The van der Waals surface area contributed by atoms with Crippen LogP contribution in [0.4, 0.5) is 0 Å². The highest BCUT2D eigenvalue weighted by molar-refractivity contribution is 14.0. The zero-order valence-corrected chi connectivity index (χ0v) is 20.2. The Morgan fingerprint density at radius 2 is 2.03 bits per heavy atom. The maximum Gasteiger partial charge on any atom is 0.194 e. The molecule has 29 heavy (non-hydrogen) atoms. The van der Waals surface area contributed by atoms with Crippen molar-refractivity contribution in [2.24, 2.45) is 4.99 Å². The average Bonchev–Trinajstić information content (AvgIpc) is 3.40. The molecule has 0 radical (unpaired) electrons. The number of aliphatic imine (C=N–C) groups is 1. The smallest absolute Gasteiger partial charge is 0.194 e. The van der Waals surface area contributed by atoms with Gasteiger partial charge in [0.1, 0.15) is 5.75 Å². The minimum Gasteiger partial charge on any atom is -0.497 e. The molecule has 7 heteroatoms. The zero-order chi connectivity index (χ0) is 19.9. The summed E-state index contributed by atoms with van der Waals surface area (Å²) in [4.78, 5) is 6.78. The van der Waals surface area contributed by atoms with Crippen molar-refractivity contribution in [3.05, 3.63) is 47.3 Å². The summed E-state index contributed by atoms with van der Waals surface area (Å²) >= 11 is 0. The van der Waals surface area contributed by atoms with Gasteiger partial charge >= 0.3 is 0 Å². The molecule has 1 aliphatic rings. The monoisotopic (exact) mass is 512 g/mol. The van der Waals surface area contributed by atoms with Gasteiger partial charge in [-0.25, -0.2) is 0 Å². The molecule has 0 saturated carbocycles. The number of halogens is 1. The second-order valence-corrected chi connectivity index (χ2v) is 7.34. The van der Waals surface area contributed by atoms with Crippen molar-refractivity contribution in [3.63, 3.8) is 0 Å². The third-order valence-electron chi connectivity index (χ3n) is 5.69. The van der Waals surface area contributed by atoms with Crippen molar-refractivity contribution < 1.29 is 9.26 Å². The maximum absolute atomic E-state index is 5.52. The van der Waals surface area contributed by atoms with Crippen LogP contribution in [0.5, 0.6) is 5.75 Å². The van der Waals surface area contributed by atoms with Gasteiger partial charge in [-0.05, 0) is 37.0 Å². The number of ether oxygens (including phenoxy) is 1. The van der Waals surface area contributed by atoms with Crippen molar-refractivity contribution in [2.45, 2.75) is 51.5 Å². The van der Waals surface area contributed by atoms with E-state index in [0.717, 1.165) is 55.5 Å². The third-order valence-corrected chi connectivity index (χ3v) is 5.69. The van der Waals surface area contributed by atoms with Gasteiger partial charge in [-0.1, -0.05) is 31.1 Å². The van der Waals surface area contributed by atoms with Gasteiger partial charge in [0, 0.05) is 38.0 Å². The van der Waals surface area contributed by atoms with E-state index in [1.807, 2.05) is 19.2 Å². The Labute approximate surface area is 191 Å². The lowest BCUT2D eigenvalue weighted by Crippen LogP contribution is -2.39. The quantitative estimate of drug-likeness (QED) is 0.329. The fourth-order valence-electron chi connectivity index (χ4n) is 3.91. The lowest BCUT2D eigenvalue weighted by molar-refractivity contribution is 0.365. The lowest BCUT2D eigenvalue weighted by Gasteiger charge is -2.21. The number of methoxy groups -OCH3 is 1. The highest BCUT2D eigenvalue weighted by atomic mass is 127. The summed E-state index contributed by atoms with van der Waals surface area (Å²) in [5, 5.41) is 7.67. The van der Waals surface area contributed by atoms with Gasteiger partial charge < -0.3 is 19.5 Å². The van der Waals surface area contributed by atoms with E-state index in [2.05, 4.69) is 52.4 Å². The van der Waals surface area contributed by atoms with E-state index in [0.29, 0.717) is 18.4 Å². The van der Waals surface area contributed by atoms with Gasteiger partial charge in [-0.3, -0.25) is 4.99 Å². The second kappa shape index (κ2) is 11.4. The molecule has 1 unspecified atom stereocenters. The van der Waals surface area contributed by atoms with Crippen LogP contribution in [0.15, 0.2) is 39.8 Å². The van der Waals surface area contributed by atoms with Crippen LogP contribution in [0.25, 0.3) is 0 Å². The van der Waals surface area contributed by atoms with Crippen LogP contribution in [0.3, 0.4) is 0 Å². The van der Waals surface area contributed by atoms with Crippen molar-refractivity contribution in [1.82, 2.24) is 15.4 Å². The van der Waals surface area contributed by atoms with Crippen molar-refractivity contribution in [3.8, 4) is 5.75 Å². The number of likely N-dealkylation sites (tertiary alicyclic amines) is 1. The molecule has 0 amide bonds. The summed E-state index contributed by atoms with van der Waals surface area (Å²) in [5.41, 5.74) is 2.40. The second-order valence-electron chi connectivity index (χ2n) is 7.34. The van der Waals surface area contributed by atoms with Gasteiger partial charge in [-0.15, -0.1) is 24.0 Å². The molecular formula is C22H33IN4O2. The molecule has 0 aliphatic carbocycles. The standard InChI is InChI=1S/C22H32N4O2.HI/c1-5-16(6-2)21-13-20(28-25-21)14-24-22(23-3)26-12-11-18(15-26)17-7-9-19(27-4)10-8-17;/h7-10,13,16,18H,5-6,11-12,14-15H2,1-4H3,(H,23,24);1H. The first-order chi connectivity index (χ1) is 13.7. The van der Waals surface area contributed by atoms with Crippen LogP contribution >= 0.6 is 24.0 Å². The Kier molecular flexibility index (Phi) is 9.26. The highest BCUT2D eigenvalue weighted by Gasteiger charge is 2.26. The number of aromatic nitrogens is 1. The zero-order valence-electron chi connectivity index (χ0n) is 17.9. The number of hydrogen-bond acceptors (Lipinski definition) is 4. The van der Waals surface area contributed by atoms with Gasteiger partial charge in [0.15, 0.2) is 11.7 Å². The third kappa shape index (κ3) is 5.87. The van der Waals surface area contributed by atoms with Crippen LogP contribution in [0.1, 0.15) is 62.0 Å². The van der Waals surface area contributed by atoms with E-state index in [4.69, 9.17) is 9.26 Å².